The van der Waals surface area contributed by atoms with Gasteiger partial charge in [0.2, 0.25) is 5.95 Å². The molecule has 3 saturated heterocycles. The molecular weight excluding hydrogens is 360 g/mol. The quantitative estimate of drug-likeness (QED) is 0.700. The van der Waals surface area contributed by atoms with Crippen molar-refractivity contribution < 1.29 is 0 Å². The molecule has 6 nitrogen and oxygen atoms in total. The van der Waals surface area contributed by atoms with E-state index in [1.807, 2.05) is 0 Å². The van der Waals surface area contributed by atoms with Gasteiger partial charge in [-0.05, 0) is 52.0 Å². The number of fused-ring (bicyclic) bond motifs is 2. The van der Waals surface area contributed by atoms with Crippen LogP contribution in [0.1, 0.15) is 53.4 Å². The van der Waals surface area contributed by atoms with Gasteiger partial charge in [0.25, 0.3) is 0 Å². The van der Waals surface area contributed by atoms with E-state index in [2.05, 4.69) is 59.7 Å². The lowest BCUT2D eigenvalue weighted by Crippen LogP contribution is -2.56. The van der Waals surface area contributed by atoms with E-state index in [0.717, 1.165) is 51.1 Å². The molecule has 162 valence electrons. The highest BCUT2D eigenvalue weighted by atomic mass is 15.4. The lowest BCUT2D eigenvalue weighted by Gasteiger charge is -2.43. The molecule has 4 rings (SSSR count). The van der Waals surface area contributed by atoms with E-state index < -0.39 is 0 Å². The molecule has 0 radical (unpaired) electrons. The van der Waals surface area contributed by atoms with Crippen LogP contribution in [-0.4, -0.2) is 83.7 Å². The minimum Gasteiger partial charge on any atom is -0.366 e. The molecule has 1 aromatic heterocycles. The highest BCUT2D eigenvalue weighted by Gasteiger charge is 2.41. The largest absolute Gasteiger partial charge is 0.366 e. The molecule has 0 amide bonds. The van der Waals surface area contributed by atoms with E-state index in [-0.39, 0.29) is 0 Å². The van der Waals surface area contributed by atoms with Crippen molar-refractivity contribution in [3.63, 3.8) is 0 Å². The van der Waals surface area contributed by atoms with E-state index in [1.165, 1.54) is 37.9 Å². The van der Waals surface area contributed by atoms with Gasteiger partial charge in [-0.3, -0.25) is 9.80 Å². The SMILES string of the molecule is CC(C)CCCN1CCN(c2cnc(N3C4CCC3CN(C(C)C)C4)nc2)CC1. The summed E-state index contributed by atoms with van der Waals surface area (Å²) in [5.74, 6) is 1.76. The Hall–Kier alpha value is -1.40. The molecular formula is C23H40N6. The first-order chi connectivity index (χ1) is 14.0. The summed E-state index contributed by atoms with van der Waals surface area (Å²) in [6.07, 6.45) is 9.33. The van der Waals surface area contributed by atoms with Gasteiger partial charge < -0.3 is 9.80 Å². The molecule has 3 fully saturated rings. The summed E-state index contributed by atoms with van der Waals surface area (Å²) in [7, 11) is 0. The third kappa shape index (κ3) is 4.85. The number of hydrogen-bond acceptors (Lipinski definition) is 6. The van der Waals surface area contributed by atoms with E-state index in [1.54, 1.807) is 0 Å². The average molecular weight is 401 g/mol. The maximum absolute atomic E-state index is 4.82. The molecule has 1 aromatic rings. The minimum absolute atomic E-state index is 0.580. The van der Waals surface area contributed by atoms with Crippen molar-refractivity contribution >= 4 is 11.6 Å². The second-order valence-electron chi connectivity index (χ2n) is 9.95. The molecule has 29 heavy (non-hydrogen) atoms. The molecule has 0 N–H and O–H groups in total. The lowest BCUT2D eigenvalue weighted by atomic mass is 10.1. The number of nitrogens with zero attached hydrogens (tertiary/aromatic N) is 6. The second-order valence-corrected chi connectivity index (χ2v) is 9.95. The normalized spacial score (nSPS) is 26.1. The molecule has 0 spiro atoms. The number of hydrogen-bond donors (Lipinski definition) is 0. The minimum atomic E-state index is 0.580. The number of aromatic nitrogens is 2. The zero-order valence-corrected chi connectivity index (χ0v) is 18.9. The molecule has 4 heterocycles. The lowest BCUT2D eigenvalue weighted by molar-refractivity contribution is 0.176. The molecule has 2 bridgehead atoms. The van der Waals surface area contributed by atoms with Gasteiger partial charge in [0.05, 0.1) is 18.1 Å². The maximum atomic E-state index is 4.82. The summed E-state index contributed by atoms with van der Waals surface area (Å²) in [6, 6.07) is 1.79. The monoisotopic (exact) mass is 400 g/mol. The van der Waals surface area contributed by atoms with E-state index in [0.29, 0.717) is 18.1 Å². The Morgan fingerprint density at radius 2 is 1.55 bits per heavy atom. The fraction of sp³-hybridized carbons (Fsp3) is 0.826. The third-order valence-electron chi connectivity index (χ3n) is 7.09. The highest BCUT2D eigenvalue weighted by Crippen LogP contribution is 2.34. The van der Waals surface area contributed by atoms with Crippen molar-refractivity contribution in [1.29, 1.82) is 0 Å². The molecule has 6 heteroatoms. The maximum Gasteiger partial charge on any atom is 0.225 e. The highest BCUT2D eigenvalue weighted by molar-refractivity contribution is 5.47. The van der Waals surface area contributed by atoms with Gasteiger partial charge >= 0.3 is 0 Å². The Bertz CT molecular complexity index is 623. The molecule has 2 atom stereocenters. The van der Waals surface area contributed by atoms with Gasteiger partial charge in [0, 0.05) is 57.4 Å². The Morgan fingerprint density at radius 3 is 2.10 bits per heavy atom. The average Bonchev–Trinajstić information content (AvgIpc) is 2.97. The van der Waals surface area contributed by atoms with Crippen LogP contribution in [0.2, 0.25) is 0 Å². The van der Waals surface area contributed by atoms with Gasteiger partial charge in [0.1, 0.15) is 0 Å². The van der Waals surface area contributed by atoms with Crippen LogP contribution in [-0.2, 0) is 0 Å². The standard InChI is InChI=1S/C23H40N6/c1-18(2)6-5-9-26-10-12-27(13-11-26)22-14-24-23(25-15-22)29-20-7-8-21(29)17-28(16-20)19(3)4/h14-15,18-21H,5-13,16-17H2,1-4H3. The van der Waals surface area contributed by atoms with Crippen molar-refractivity contribution in [2.24, 2.45) is 5.92 Å². The first-order valence-corrected chi connectivity index (χ1v) is 11.8. The zero-order chi connectivity index (χ0) is 20.4. The smallest absolute Gasteiger partial charge is 0.225 e. The topological polar surface area (TPSA) is 38.7 Å². The van der Waals surface area contributed by atoms with Gasteiger partial charge in [-0.25, -0.2) is 9.97 Å². The molecule has 0 aliphatic carbocycles. The van der Waals surface area contributed by atoms with Crippen molar-refractivity contribution in [3.8, 4) is 0 Å². The molecule has 2 unspecified atom stereocenters. The van der Waals surface area contributed by atoms with Crippen LogP contribution in [0.15, 0.2) is 12.4 Å². The number of piperazine rings is 2. The molecule has 0 saturated carbocycles. The summed E-state index contributed by atoms with van der Waals surface area (Å²) >= 11 is 0. The van der Waals surface area contributed by atoms with Crippen LogP contribution in [0.3, 0.4) is 0 Å². The number of rotatable bonds is 7. The van der Waals surface area contributed by atoms with Crippen LogP contribution in [0.4, 0.5) is 11.6 Å². The summed E-state index contributed by atoms with van der Waals surface area (Å²) in [5, 5.41) is 0. The first kappa shape index (κ1) is 20.9. The Balaban J connectivity index is 1.30. The van der Waals surface area contributed by atoms with Crippen molar-refractivity contribution in [3.05, 3.63) is 12.4 Å². The van der Waals surface area contributed by atoms with Gasteiger partial charge in [0.15, 0.2) is 0 Å². The van der Waals surface area contributed by atoms with E-state index >= 15 is 0 Å². The Labute approximate surface area is 177 Å². The van der Waals surface area contributed by atoms with Crippen LogP contribution in [0.5, 0.6) is 0 Å². The summed E-state index contributed by atoms with van der Waals surface area (Å²) in [6.45, 7) is 17.3. The van der Waals surface area contributed by atoms with E-state index in [4.69, 9.17) is 9.97 Å². The summed E-state index contributed by atoms with van der Waals surface area (Å²) < 4.78 is 0. The predicted octanol–water partition coefficient (Wildman–Crippen LogP) is 3.10. The second kappa shape index (κ2) is 9.17. The van der Waals surface area contributed by atoms with Crippen LogP contribution in [0.25, 0.3) is 0 Å². The van der Waals surface area contributed by atoms with Gasteiger partial charge in [-0.2, -0.15) is 0 Å². The van der Waals surface area contributed by atoms with Crippen molar-refractivity contribution in [2.75, 3.05) is 55.6 Å². The summed E-state index contributed by atoms with van der Waals surface area (Å²) in [5.41, 5.74) is 1.18. The Kier molecular flexibility index (Phi) is 6.60. The predicted molar refractivity (Wildman–Crippen MR) is 121 cm³/mol. The van der Waals surface area contributed by atoms with Gasteiger partial charge in [-0.1, -0.05) is 13.8 Å². The van der Waals surface area contributed by atoms with E-state index in [9.17, 15) is 0 Å². The molecule has 3 aliphatic heterocycles. The number of likely N-dealkylation sites (tertiary alicyclic amines) is 1. The van der Waals surface area contributed by atoms with Crippen molar-refractivity contribution in [1.82, 2.24) is 19.8 Å². The fourth-order valence-corrected chi connectivity index (χ4v) is 5.25. The Morgan fingerprint density at radius 1 is 0.931 bits per heavy atom. The third-order valence-corrected chi connectivity index (χ3v) is 7.09. The summed E-state index contributed by atoms with van der Waals surface area (Å²) in [4.78, 5) is 19.8. The zero-order valence-electron chi connectivity index (χ0n) is 18.9. The van der Waals surface area contributed by atoms with Crippen LogP contribution >= 0.6 is 0 Å². The molecule has 3 aliphatic rings. The molecule has 0 aromatic carbocycles. The number of anilines is 2. The van der Waals surface area contributed by atoms with Crippen LogP contribution < -0.4 is 9.80 Å². The van der Waals surface area contributed by atoms with Gasteiger partial charge in [-0.15, -0.1) is 0 Å². The van der Waals surface area contributed by atoms with Crippen LogP contribution in [0, 0.1) is 5.92 Å². The first-order valence-electron chi connectivity index (χ1n) is 11.8. The van der Waals surface area contributed by atoms with Crippen molar-refractivity contribution in [2.45, 2.75) is 71.5 Å². The fourth-order valence-electron chi connectivity index (χ4n) is 5.25.